The summed E-state index contributed by atoms with van der Waals surface area (Å²) in [5, 5.41) is 13.2. The van der Waals surface area contributed by atoms with Gasteiger partial charge in [-0.15, -0.1) is 0 Å². The van der Waals surface area contributed by atoms with Gasteiger partial charge in [0.2, 0.25) is 18.3 Å². The SMILES string of the molecule is CC(=O)Nc1cc(N)c[n+]([O-])c1. The first kappa shape index (κ1) is 8.32. The van der Waals surface area contributed by atoms with Crippen LogP contribution in [-0.4, -0.2) is 5.91 Å². The Kier molecular flexibility index (Phi) is 2.14. The van der Waals surface area contributed by atoms with Crippen molar-refractivity contribution in [3.8, 4) is 0 Å². The summed E-state index contributed by atoms with van der Waals surface area (Å²) >= 11 is 0. The zero-order chi connectivity index (χ0) is 9.14. The third kappa shape index (κ3) is 2.12. The molecule has 0 aromatic carbocycles. The molecule has 1 amide bonds. The van der Waals surface area contributed by atoms with Gasteiger partial charge in [-0.2, -0.15) is 4.73 Å². The largest absolute Gasteiger partial charge is 0.619 e. The highest BCUT2D eigenvalue weighted by molar-refractivity contribution is 5.88. The number of hydrogen-bond acceptors (Lipinski definition) is 3. The average Bonchev–Trinajstić information content (AvgIpc) is 1.81. The van der Waals surface area contributed by atoms with Gasteiger partial charge in [0.05, 0.1) is 5.69 Å². The summed E-state index contributed by atoms with van der Waals surface area (Å²) in [7, 11) is 0. The number of anilines is 2. The molecular weight excluding hydrogens is 158 g/mol. The number of carbonyl (C=O) groups is 1. The number of pyridine rings is 1. The summed E-state index contributed by atoms with van der Waals surface area (Å²) in [5.41, 5.74) is 6.08. The maximum atomic E-state index is 10.8. The molecule has 0 radical (unpaired) electrons. The van der Waals surface area contributed by atoms with Gasteiger partial charge in [0.1, 0.15) is 5.69 Å². The van der Waals surface area contributed by atoms with E-state index in [-0.39, 0.29) is 5.91 Å². The van der Waals surface area contributed by atoms with E-state index in [0.717, 1.165) is 0 Å². The van der Waals surface area contributed by atoms with Crippen molar-refractivity contribution in [2.75, 3.05) is 11.1 Å². The molecule has 0 saturated heterocycles. The molecule has 0 spiro atoms. The van der Waals surface area contributed by atoms with E-state index in [2.05, 4.69) is 5.32 Å². The highest BCUT2D eigenvalue weighted by atomic mass is 16.5. The Bertz CT molecular complexity index is 291. The molecule has 3 N–H and O–H groups in total. The minimum Gasteiger partial charge on any atom is -0.619 e. The topological polar surface area (TPSA) is 82.1 Å². The summed E-state index contributed by atoms with van der Waals surface area (Å²) in [6.45, 7) is 1.36. The average molecular weight is 167 g/mol. The van der Waals surface area contributed by atoms with E-state index >= 15 is 0 Å². The van der Waals surface area contributed by atoms with Crippen LogP contribution in [0.1, 0.15) is 6.92 Å². The summed E-state index contributed by atoms with van der Waals surface area (Å²) in [6.07, 6.45) is 2.45. The number of nitrogen functional groups attached to an aromatic ring is 1. The van der Waals surface area contributed by atoms with Gasteiger partial charge >= 0.3 is 0 Å². The lowest BCUT2D eigenvalue weighted by atomic mass is 10.4. The van der Waals surface area contributed by atoms with Gasteiger partial charge in [-0.25, -0.2) is 0 Å². The predicted octanol–water partition coefficient (Wildman–Crippen LogP) is -0.139. The van der Waals surface area contributed by atoms with E-state index in [1.807, 2.05) is 0 Å². The fraction of sp³-hybridized carbons (Fsp3) is 0.143. The van der Waals surface area contributed by atoms with Crippen LogP contribution in [0.5, 0.6) is 0 Å². The number of amides is 1. The van der Waals surface area contributed by atoms with Crippen molar-refractivity contribution in [2.45, 2.75) is 6.92 Å². The van der Waals surface area contributed by atoms with Crippen LogP contribution in [0.2, 0.25) is 0 Å². The predicted molar refractivity (Wildman–Crippen MR) is 44.1 cm³/mol. The van der Waals surface area contributed by atoms with Crippen molar-refractivity contribution in [1.29, 1.82) is 0 Å². The molecule has 5 heteroatoms. The molecule has 64 valence electrons. The fourth-order valence-electron chi connectivity index (χ4n) is 0.847. The highest BCUT2D eigenvalue weighted by Gasteiger charge is 2.01. The summed E-state index contributed by atoms with van der Waals surface area (Å²) in [6, 6.07) is 1.51. The van der Waals surface area contributed by atoms with Crippen molar-refractivity contribution < 1.29 is 9.52 Å². The van der Waals surface area contributed by atoms with Crippen molar-refractivity contribution in [3.63, 3.8) is 0 Å². The zero-order valence-corrected chi connectivity index (χ0v) is 6.57. The van der Waals surface area contributed by atoms with Gasteiger partial charge in [-0.1, -0.05) is 0 Å². The molecule has 0 atom stereocenters. The Morgan fingerprint density at radius 2 is 2.33 bits per heavy atom. The van der Waals surface area contributed by atoms with Crippen LogP contribution in [0.3, 0.4) is 0 Å². The number of rotatable bonds is 1. The minimum absolute atomic E-state index is 0.236. The Labute approximate surface area is 69.4 Å². The van der Waals surface area contributed by atoms with Gasteiger partial charge in [0.15, 0.2) is 0 Å². The molecule has 1 rings (SSSR count). The fourth-order valence-corrected chi connectivity index (χ4v) is 0.847. The molecule has 12 heavy (non-hydrogen) atoms. The molecule has 0 bridgehead atoms. The Morgan fingerprint density at radius 3 is 2.83 bits per heavy atom. The molecule has 5 nitrogen and oxygen atoms in total. The van der Waals surface area contributed by atoms with Gasteiger partial charge in [-0.3, -0.25) is 4.79 Å². The lowest BCUT2D eigenvalue weighted by Gasteiger charge is -2.02. The quantitative estimate of drug-likeness (QED) is 0.451. The monoisotopic (exact) mass is 167 g/mol. The number of nitrogens with zero attached hydrogens (tertiary/aromatic N) is 1. The van der Waals surface area contributed by atoms with Crippen molar-refractivity contribution >= 4 is 17.3 Å². The first-order chi connectivity index (χ1) is 5.58. The van der Waals surface area contributed by atoms with E-state index < -0.39 is 0 Å². The minimum atomic E-state index is -0.236. The number of nitrogens with one attached hydrogen (secondary N) is 1. The normalized spacial score (nSPS) is 9.42. The summed E-state index contributed by atoms with van der Waals surface area (Å²) < 4.78 is 0.542. The van der Waals surface area contributed by atoms with Crippen LogP contribution in [0.25, 0.3) is 0 Å². The molecule has 0 aliphatic rings. The maximum absolute atomic E-state index is 10.8. The van der Waals surface area contributed by atoms with Crippen molar-refractivity contribution in [1.82, 2.24) is 0 Å². The Hall–Kier alpha value is -1.78. The Balaban J connectivity index is 2.93. The maximum Gasteiger partial charge on any atom is 0.221 e. The number of aromatic nitrogens is 1. The van der Waals surface area contributed by atoms with E-state index in [1.54, 1.807) is 0 Å². The smallest absolute Gasteiger partial charge is 0.221 e. The molecule has 1 aromatic rings. The highest BCUT2D eigenvalue weighted by Crippen LogP contribution is 2.07. The molecule has 0 fully saturated rings. The number of hydrogen-bond donors (Lipinski definition) is 2. The van der Waals surface area contributed by atoms with Gasteiger partial charge < -0.3 is 16.3 Å². The first-order valence-electron chi connectivity index (χ1n) is 3.35. The zero-order valence-electron chi connectivity index (χ0n) is 6.57. The number of carbonyl (C=O) groups excluding carboxylic acids is 1. The van der Waals surface area contributed by atoms with Crippen LogP contribution < -0.4 is 15.8 Å². The lowest BCUT2D eigenvalue weighted by Crippen LogP contribution is -2.26. The van der Waals surface area contributed by atoms with Crippen molar-refractivity contribution in [2.24, 2.45) is 0 Å². The molecule has 1 heterocycles. The molecular formula is C7H9N3O2. The molecule has 0 aliphatic carbocycles. The van der Waals surface area contributed by atoms with Gasteiger partial charge in [-0.05, 0) is 6.07 Å². The van der Waals surface area contributed by atoms with Crippen LogP contribution >= 0.6 is 0 Å². The van der Waals surface area contributed by atoms with Gasteiger partial charge in [0, 0.05) is 6.92 Å². The molecule has 0 saturated carbocycles. The van der Waals surface area contributed by atoms with Crippen LogP contribution in [0, 0.1) is 5.21 Å². The summed E-state index contributed by atoms with van der Waals surface area (Å²) in [5.74, 6) is -0.236. The number of nitrogens with two attached hydrogens (primary N) is 1. The standard InChI is InChI=1S/C7H9N3O2/c1-5(11)9-7-2-6(8)3-10(12)4-7/h2-4H,8H2,1H3,(H,9,11). The van der Waals surface area contributed by atoms with Gasteiger partial charge in [0.25, 0.3) is 0 Å². The second kappa shape index (κ2) is 3.08. The van der Waals surface area contributed by atoms with E-state index in [1.165, 1.54) is 25.4 Å². The van der Waals surface area contributed by atoms with Crippen LogP contribution in [0.4, 0.5) is 11.4 Å². The second-order valence-corrected chi connectivity index (χ2v) is 2.40. The van der Waals surface area contributed by atoms with E-state index in [4.69, 9.17) is 5.73 Å². The molecule has 0 aliphatic heterocycles. The Morgan fingerprint density at radius 1 is 1.67 bits per heavy atom. The van der Waals surface area contributed by atoms with Crippen molar-refractivity contribution in [3.05, 3.63) is 23.7 Å². The summed E-state index contributed by atoms with van der Waals surface area (Å²) in [4.78, 5) is 10.6. The van der Waals surface area contributed by atoms with Crippen LogP contribution in [0.15, 0.2) is 18.5 Å². The molecule has 1 aromatic heterocycles. The third-order valence-electron chi connectivity index (χ3n) is 1.19. The third-order valence-corrected chi connectivity index (χ3v) is 1.19. The molecule has 0 unspecified atom stereocenters. The van der Waals surface area contributed by atoms with Crippen LogP contribution in [-0.2, 0) is 4.79 Å². The second-order valence-electron chi connectivity index (χ2n) is 2.40. The lowest BCUT2D eigenvalue weighted by molar-refractivity contribution is -0.603. The first-order valence-corrected chi connectivity index (χ1v) is 3.35. The van der Waals surface area contributed by atoms with E-state index in [9.17, 15) is 10.0 Å². The van der Waals surface area contributed by atoms with E-state index in [0.29, 0.717) is 16.1 Å².